The van der Waals surface area contributed by atoms with Crippen LogP contribution in [0.3, 0.4) is 0 Å². The molecule has 0 N–H and O–H groups in total. The van der Waals surface area contributed by atoms with E-state index in [1.807, 2.05) is 0 Å². The largest absolute Gasteiger partial charge is 0.285 e. The van der Waals surface area contributed by atoms with Crippen LogP contribution in [-0.2, 0) is 0 Å². The molecule has 0 spiro atoms. The first-order valence-corrected chi connectivity index (χ1v) is 3.91. The molecule has 0 aliphatic heterocycles. The molecule has 4 heteroatoms. The van der Waals surface area contributed by atoms with Gasteiger partial charge in [0.1, 0.15) is 5.69 Å². The Morgan fingerprint density at radius 2 is 2.36 bits per heavy atom. The molecule has 14 heavy (non-hydrogen) atoms. The minimum Gasteiger partial charge on any atom is -0.285 e. The summed E-state index contributed by atoms with van der Waals surface area (Å²) in [5.41, 5.74) is 0.424. The molecular formula is C10H10ClN3. The maximum Gasteiger partial charge on any atom is 0.103 e. The zero-order valence-electron chi connectivity index (χ0n) is 13.0. The normalized spacial score (nSPS) is 18.3. The van der Waals surface area contributed by atoms with Gasteiger partial charge in [0.15, 0.2) is 0 Å². The van der Waals surface area contributed by atoms with Crippen LogP contribution in [0.4, 0.5) is 5.69 Å². The van der Waals surface area contributed by atoms with Gasteiger partial charge in [-0.1, -0.05) is 22.7 Å². The molecule has 0 bridgehead atoms. The molecule has 0 saturated heterocycles. The number of rotatable bonds is 2. The van der Waals surface area contributed by atoms with Gasteiger partial charge in [-0.15, -0.1) is 11.5 Å². The van der Waals surface area contributed by atoms with Crippen molar-refractivity contribution in [2.24, 2.45) is 10.3 Å². The summed E-state index contributed by atoms with van der Waals surface area (Å²) in [6.07, 6.45) is 5.25. The van der Waals surface area contributed by atoms with E-state index in [1.165, 1.54) is 18.2 Å². The summed E-state index contributed by atoms with van der Waals surface area (Å²) < 4.78 is 42.8. The average molecular weight is 214 g/mol. The summed E-state index contributed by atoms with van der Waals surface area (Å²) in [4.78, 5) is 0. The fourth-order valence-corrected chi connectivity index (χ4v) is 0.976. The van der Waals surface area contributed by atoms with Crippen molar-refractivity contribution in [3.63, 3.8) is 0 Å². The maximum atomic E-state index is 7.13. The molecule has 0 radical (unpaired) electrons. The van der Waals surface area contributed by atoms with Gasteiger partial charge in [0.2, 0.25) is 0 Å². The minimum absolute atomic E-state index is 0.0328. The number of nitrogens with zero attached hydrogens (tertiary/aromatic N) is 3. The summed E-state index contributed by atoms with van der Waals surface area (Å²) in [7, 11) is 0. The Morgan fingerprint density at radius 1 is 1.57 bits per heavy atom. The second-order valence-corrected chi connectivity index (χ2v) is 2.74. The van der Waals surface area contributed by atoms with Gasteiger partial charge in [-0.2, -0.15) is 0 Å². The lowest BCUT2D eigenvalue weighted by Gasteiger charge is -2.02. The molecular weight excluding hydrogens is 198 g/mol. The molecule has 0 aliphatic rings. The SMILES string of the molecule is [2H]C([2H])([2H])N(N=Nc1ccc(Cl)cc1C#C)C([2H])([2H])[2H]. The molecule has 0 atom stereocenters. The fourth-order valence-electron chi connectivity index (χ4n) is 0.804. The third-order valence-corrected chi connectivity index (χ3v) is 1.59. The van der Waals surface area contributed by atoms with Crippen LogP contribution in [0.1, 0.15) is 13.8 Å². The van der Waals surface area contributed by atoms with Crippen LogP contribution in [0.25, 0.3) is 0 Å². The van der Waals surface area contributed by atoms with Gasteiger partial charge in [0, 0.05) is 27.2 Å². The molecule has 0 unspecified atom stereocenters. The summed E-state index contributed by atoms with van der Waals surface area (Å²) in [5, 5.41) is 7.19. The minimum atomic E-state index is -2.95. The molecule has 3 nitrogen and oxygen atoms in total. The van der Waals surface area contributed by atoms with Crippen molar-refractivity contribution < 1.29 is 8.22 Å². The monoisotopic (exact) mass is 213 g/mol. The third kappa shape index (κ3) is 2.75. The van der Waals surface area contributed by atoms with E-state index in [1.54, 1.807) is 0 Å². The zero-order valence-corrected chi connectivity index (χ0v) is 7.78. The summed E-state index contributed by atoms with van der Waals surface area (Å²) in [5.74, 6) is 2.30. The van der Waals surface area contributed by atoms with E-state index in [4.69, 9.17) is 26.2 Å². The highest BCUT2D eigenvalue weighted by Gasteiger charge is 1.99. The highest BCUT2D eigenvalue weighted by molar-refractivity contribution is 6.30. The van der Waals surface area contributed by atoms with Crippen LogP contribution in [-0.4, -0.2) is 19.0 Å². The van der Waals surface area contributed by atoms with Crippen molar-refractivity contribution in [1.29, 1.82) is 0 Å². The van der Waals surface area contributed by atoms with Crippen LogP contribution in [0.5, 0.6) is 0 Å². The predicted molar refractivity (Wildman–Crippen MR) is 57.6 cm³/mol. The Labute approximate surface area is 96.8 Å². The number of terminal acetylenes is 1. The van der Waals surface area contributed by atoms with Crippen molar-refractivity contribution in [3.05, 3.63) is 28.8 Å². The molecule has 1 rings (SSSR count). The summed E-state index contributed by atoms with van der Waals surface area (Å²) in [6.45, 7) is -5.89. The highest BCUT2D eigenvalue weighted by atomic mass is 35.5. The number of benzene rings is 1. The summed E-state index contributed by atoms with van der Waals surface area (Å²) >= 11 is 5.75. The predicted octanol–water partition coefficient (Wildman–Crippen LogP) is 2.88. The van der Waals surface area contributed by atoms with Gasteiger partial charge in [0.05, 0.1) is 5.56 Å². The van der Waals surface area contributed by atoms with Crippen molar-refractivity contribution in [2.75, 3.05) is 14.0 Å². The molecule has 0 aromatic heterocycles. The molecule has 0 fully saturated rings. The van der Waals surface area contributed by atoms with E-state index < -0.39 is 14.0 Å². The number of halogens is 1. The molecule has 1 aromatic rings. The fraction of sp³-hybridized carbons (Fsp3) is 0.200. The third-order valence-electron chi connectivity index (χ3n) is 1.36. The maximum absolute atomic E-state index is 7.13. The molecule has 0 aliphatic carbocycles. The zero-order chi connectivity index (χ0) is 15.6. The lowest BCUT2D eigenvalue weighted by molar-refractivity contribution is 0.408. The van der Waals surface area contributed by atoms with Crippen LogP contribution < -0.4 is 0 Å². The molecule has 0 saturated carbocycles. The Hall–Kier alpha value is -1.53. The molecule has 0 heterocycles. The van der Waals surface area contributed by atoms with E-state index in [0.717, 1.165) is 0 Å². The van der Waals surface area contributed by atoms with Gasteiger partial charge in [-0.05, 0) is 18.2 Å². The molecule has 0 amide bonds. The Morgan fingerprint density at radius 3 is 3.00 bits per heavy atom. The number of hydrogen-bond acceptors (Lipinski definition) is 2. The van der Waals surface area contributed by atoms with Crippen LogP contribution in [0.15, 0.2) is 28.5 Å². The Bertz CT molecular complexity index is 544. The van der Waals surface area contributed by atoms with Crippen LogP contribution in [0, 0.1) is 12.3 Å². The van der Waals surface area contributed by atoms with Crippen molar-refractivity contribution in [2.45, 2.75) is 0 Å². The van der Waals surface area contributed by atoms with E-state index in [2.05, 4.69) is 16.3 Å². The van der Waals surface area contributed by atoms with Gasteiger partial charge in [0.25, 0.3) is 0 Å². The first kappa shape index (κ1) is 4.81. The van der Waals surface area contributed by atoms with Crippen LogP contribution >= 0.6 is 11.6 Å². The second kappa shape index (κ2) is 4.64. The van der Waals surface area contributed by atoms with E-state index in [9.17, 15) is 0 Å². The standard InChI is InChI=1S/C10H10ClN3/c1-4-8-7-9(11)5-6-10(8)12-13-14(2)3/h1,5-7H,2-3H3/i2D3,3D3. The van der Waals surface area contributed by atoms with E-state index >= 15 is 0 Å². The first-order valence-electron chi connectivity index (χ1n) is 6.54. The highest BCUT2D eigenvalue weighted by Crippen LogP contribution is 2.22. The van der Waals surface area contributed by atoms with Crippen molar-refractivity contribution in [3.8, 4) is 12.3 Å². The average Bonchev–Trinajstić information content (AvgIpc) is 2.27. The first-order chi connectivity index (χ1) is 9.05. The van der Waals surface area contributed by atoms with Crippen molar-refractivity contribution >= 4 is 17.3 Å². The lowest BCUT2D eigenvalue weighted by Crippen LogP contribution is -1.99. The molecule has 1 aromatic carbocycles. The topological polar surface area (TPSA) is 28.0 Å². The van der Waals surface area contributed by atoms with Gasteiger partial charge >= 0.3 is 0 Å². The van der Waals surface area contributed by atoms with Gasteiger partial charge in [-0.3, -0.25) is 5.01 Å². The second-order valence-electron chi connectivity index (χ2n) is 2.31. The smallest absolute Gasteiger partial charge is 0.103 e. The van der Waals surface area contributed by atoms with Crippen molar-refractivity contribution in [1.82, 2.24) is 5.01 Å². The summed E-state index contributed by atoms with van der Waals surface area (Å²) in [6, 6.07) is 4.33. The quantitative estimate of drug-likeness (QED) is 0.422. The Balaban J connectivity index is 3.16. The lowest BCUT2D eigenvalue weighted by atomic mass is 10.2. The van der Waals surface area contributed by atoms with E-state index in [0.29, 0.717) is 5.02 Å². The Kier molecular flexibility index (Phi) is 1.59. The van der Waals surface area contributed by atoms with Gasteiger partial charge < -0.3 is 0 Å². The number of hydrogen-bond donors (Lipinski definition) is 0. The molecule has 72 valence electrons. The van der Waals surface area contributed by atoms with Crippen LogP contribution in [0.2, 0.25) is 5.02 Å². The van der Waals surface area contributed by atoms with E-state index in [-0.39, 0.29) is 16.3 Å². The van der Waals surface area contributed by atoms with Gasteiger partial charge in [-0.25, -0.2) is 0 Å².